The molecule has 128 valence electrons. The van der Waals surface area contributed by atoms with Crippen molar-refractivity contribution in [3.05, 3.63) is 48.9 Å². The Labute approximate surface area is 151 Å². The summed E-state index contributed by atoms with van der Waals surface area (Å²) in [6.07, 6.45) is 6.34. The molecule has 0 bridgehead atoms. The standard InChI is InChI=1S/C19H20N4OS/c1-2-22-12-14(10-17(22)24)13-23-9-8-20-18(23)16-11-21-19(25-16)15-6-4-3-5-7-15/h3-9,11,14H,2,10,12-13H2,1H3. The lowest BCUT2D eigenvalue weighted by molar-refractivity contribution is -0.127. The lowest BCUT2D eigenvalue weighted by atomic mass is 10.1. The van der Waals surface area contributed by atoms with Gasteiger partial charge in [-0.25, -0.2) is 9.97 Å². The number of nitrogens with zero attached hydrogens (tertiary/aromatic N) is 4. The molecule has 0 radical (unpaired) electrons. The smallest absolute Gasteiger partial charge is 0.222 e. The lowest BCUT2D eigenvalue weighted by Crippen LogP contribution is -2.25. The molecule has 1 fully saturated rings. The van der Waals surface area contributed by atoms with Gasteiger partial charge in [-0.1, -0.05) is 30.3 Å². The van der Waals surface area contributed by atoms with Crippen molar-refractivity contribution in [1.29, 1.82) is 0 Å². The first-order chi connectivity index (χ1) is 12.2. The second-order valence-electron chi connectivity index (χ2n) is 6.30. The highest BCUT2D eigenvalue weighted by Crippen LogP contribution is 2.32. The molecular weight excluding hydrogens is 332 g/mol. The summed E-state index contributed by atoms with van der Waals surface area (Å²) in [4.78, 5) is 24.0. The van der Waals surface area contributed by atoms with E-state index < -0.39 is 0 Å². The number of imidazole rings is 1. The molecular formula is C19H20N4OS. The van der Waals surface area contributed by atoms with Gasteiger partial charge in [-0.05, 0) is 6.92 Å². The average Bonchev–Trinajstić information content (AvgIpc) is 3.35. The predicted molar refractivity (Wildman–Crippen MR) is 99.1 cm³/mol. The topological polar surface area (TPSA) is 51.0 Å². The lowest BCUT2D eigenvalue weighted by Gasteiger charge is -2.14. The highest BCUT2D eigenvalue weighted by molar-refractivity contribution is 7.18. The number of hydrogen-bond acceptors (Lipinski definition) is 4. The minimum Gasteiger partial charge on any atom is -0.343 e. The number of carbonyl (C=O) groups is 1. The molecule has 1 amide bonds. The van der Waals surface area contributed by atoms with Crippen LogP contribution >= 0.6 is 11.3 Å². The zero-order valence-electron chi connectivity index (χ0n) is 14.1. The monoisotopic (exact) mass is 352 g/mol. The van der Waals surface area contributed by atoms with Crippen LogP contribution in [0.25, 0.3) is 21.3 Å². The van der Waals surface area contributed by atoms with E-state index in [2.05, 4.69) is 26.7 Å². The summed E-state index contributed by atoms with van der Waals surface area (Å²) in [6, 6.07) is 10.2. The third kappa shape index (κ3) is 3.22. The van der Waals surface area contributed by atoms with Gasteiger partial charge < -0.3 is 9.47 Å². The Morgan fingerprint density at radius 1 is 1.24 bits per heavy atom. The Bertz CT molecular complexity index is 870. The van der Waals surface area contributed by atoms with Crippen LogP contribution in [0.2, 0.25) is 0 Å². The summed E-state index contributed by atoms with van der Waals surface area (Å²) in [5.41, 5.74) is 1.12. The summed E-state index contributed by atoms with van der Waals surface area (Å²) in [5, 5.41) is 0.998. The highest BCUT2D eigenvalue weighted by atomic mass is 32.1. The van der Waals surface area contributed by atoms with Gasteiger partial charge >= 0.3 is 0 Å². The molecule has 0 aliphatic carbocycles. The quantitative estimate of drug-likeness (QED) is 0.706. The third-order valence-corrected chi connectivity index (χ3v) is 5.64. The highest BCUT2D eigenvalue weighted by Gasteiger charge is 2.29. The van der Waals surface area contributed by atoms with E-state index in [0.717, 1.165) is 40.9 Å². The van der Waals surface area contributed by atoms with E-state index in [1.807, 2.05) is 48.6 Å². The minimum atomic E-state index is 0.262. The van der Waals surface area contributed by atoms with Crippen LogP contribution in [0.3, 0.4) is 0 Å². The summed E-state index contributed by atoms with van der Waals surface area (Å²) >= 11 is 1.65. The molecule has 3 aromatic rings. The maximum atomic E-state index is 12.0. The van der Waals surface area contributed by atoms with Gasteiger partial charge in [-0.3, -0.25) is 4.79 Å². The van der Waals surface area contributed by atoms with Crippen LogP contribution in [0.5, 0.6) is 0 Å². The zero-order chi connectivity index (χ0) is 17.2. The Kier molecular flexibility index (Phi) is 4.36. The first-order valence-electron chi connectivity index (χ1n) is 8.55. The maximum absolute atomic E-state index is 12.0. The largest absolute Gasteiger partial charge is 0.343 e. The number of aromatic nitrogens is 3. The second-order valence-corrected chi connectivity index (χ2v) is 7.33. The van der Waals surface area contributed by atoms with Gasteiger partial charge in [0.15, 0.2) is 5.82 Å². The van der Waals surface area contributed by atoms with E-state index in [1.165, 1.54) is 0 Å². The minimum absolute atomic E-state index is 0.262. The predicted octanol–water partition coefficient (Wildman–Crippen LogP) is 3.54. The van der Waals surface area contributed by atoms with E-state index in [4.69, 9.17) is 0 Å². The van der Waals surface area contributed by atoms with Gasteiger partial charge in [0.1, 0.15) is 5.01 Å². The molecule has 25 heavy (non-hydrogen) atoms. The number of likely N-dealkylation sites (tertiary alicyclic amines) is 1. The van der Waals surface area contributed by atoms with Crippen molar-refractivity contribution in [1.82, 2.24) is 19.4 Å². The second kappa shape index (κ2) is 6.80. The van der Waals surface area contributed by atoms with Gasteiger partial charge in [0.2, 0.25) is 5.91 Å². The Hall–Kier alpha value is -2.47. The molecule has 2 aromatic heterocycles. The summed E-state index contributed by atoms with van der Waals surface area (Å²) in [7, 11) is 0. The van der Waals surface area contributed by atoms with Crippen molar-refractivity contribution in [3.8, 4) is 21.3 Å². The number of thiazole rings is 1. The molecule has 1 saturated heterocycles. The molecule has 0 saturated carbocycles. The summed E-state index contributed by atoms with van der Waals surface area (Å²) in [6.45, 7) is 4.48. The molecule has 0 N–H and O–H groups in total. The Morgan fingerprint density at radius 2 is 2.08 bits per heavy atom. The first-order valence-corrected chi connectivity index (χ1v) is 9.36. The first kappa shape index (κ1) is 16.0. The van der Waals surface area contributed by atoms with Crippen molar-refractivity contribution in [2.75, 3.05) is 13.1 Å². The van der Waals surface area contributed by atoms with E-state index in [1.54, 1.807) is 11.3 Å². The summed E-state index contributed by atoms with van der Waals surface area (Å²) in [5.74, 6) is 1.54. The van der Waals surface area contributed by atoms with Crippen molar-refractivity contribution in [2.45, 2.75) is 19.9 Å². The van der Waals surface area contributed by atoms with Crippen LogP contribution in [0.4, 0.5) is 0 Å². The van der Waals surface area contributed by atoms with Crippen LogP contribution in [0.15, 0.2) is 48.9 Å². The Morgan fingerprint density at radius 3 is 2.84 bits per heavy atom. The average molecular weight is 352 g/mol. The zero-order valence-corrected chi connectivity index (χ0v) is 14.9. The number of carbonyl (C=O) groups excluding carboxylic acids is 1. The van der Waals surface area contributed by atoms with Crippen molar-refractivity contribution >= 4 is 17.2 Å². The van der Waals surface area contributed by atoms with E-state index in [-0.39, 0.29) is 5.91 Å². The van der Waals surface area contributed by atoms with Crippen molar-refractivity contribution in [3.63, 3.8) is 0 Å². The molecule has 6 heteroatoms. The molecule has 1 aromatic carbocycles. The number of amides is 1. The summed E-state index contributed by atoms with van der Waals surface area (Å²) < 4.78 is 2.15. The molecule has 1 unspecified atom stereocenters. The number of hydrogen-bond donors (Lipinski definition) is 0. The normalized spacial score (nSPS) is 17.4. The van der Waals surface area contributed by atoms with E-state index in [9.17, 15) is 4.79 Å². The van der Waals surface area contributed by atoms with Crippen molar-refractivity contribution in [2.24, 2.45) is 5.92 Å². The number of benzene rings is 1. The maximum Gasteiger partial charge on any atom is 0.222 e. The van der Waals surface area contributed by atoms with Gasteiger partial charge in [0.25, 0.3) is 0 Å². The SMILES string of the molecule is CCN1CC(Cn2ccnc2-c2cnc(-c3ccccc3)s2)CC1=O. The van der Waals surface area contributed by atoms with Gasteiger partial charge in [0, 0.05) is 56.1 Å². The van der Waals surface area contributed by atoms with Gasteiger partial charge in [-0.15, -0.1) is 11.3 Å². The third-order valence-electron chi connectivity index (χ3n) is 4.59. The van der Waals surface area contributed by atoms with Crippen LogP contribution in [-0.4, -0.2) is 38.4 Å². The van der Waals surface area contributed by atoms with Gasteiger partial charge in [-0.2, -0.15) is 0 Å². The molecule has 5 nitrogen and oxygen atoms in total. The van der Waals surface area contributed by atoms with Crippen LogP contribution in [0.1, 0.15) is 13.3 Å². The Balaban J connectivity index is 1.54. The fraction of sp³-hybridized carbons (Fsp3) is 0.316. The number of rotatable bonds is 5. The van der Waals surface area contributed by atoms with E-state index >= 15 is 0 Å². The molecule has 0 spiro atoms. The van der Waals surface area contributed by atoms with Crippen molar-refractivity contribution < 1.29 is 4.79 Å². The fourth-order valence-corrected chi connectivity index (χ4v) is 4.27. The molecule has 3 heterocycles. The van der Waals surface area contributed by atoms with E-state index in [0.29, 0.717) is 12.3 Å². The molecule has 4 rings (SSSR count). The van der Waals surface area contributed by atoms with Crippen LogP contribution in [0, 0.1) is 5.92 Å². The molecule has 1 aliphatic heterocycles. The van der Waals surface area contributed by atoms with Gasteiger partial charge in [0.05, 0.1) is 4.88 Å². The van der Waals surface area contributed by atoms with Crippen LogP contribution < -0.4 is 0 Å². The molecule has 1 aliphatic rings. The fourth-order valence-electron chi connectivity index (χ4n) is 3.33. The molecule has 1 atom stereocenters. The van der Waals surface area contributed by atoms with Crippen LogP contribution in [-0.2, 0) is 11.3 Å².